The summed E-state index contributed by atoms with van der Waals surface area (Å²) in [6.45, 7) is 0.645. The maximum Gasteiger partial charge on any atom is 0.313 e. The van der Waals surface area contributed by atoms with E-state index in [1.807, 2.05) is 24.3 Å². The molecule has 120 valence electrons. The van der Waals surface area contributed by atoms with E-state index in [1.54, 1.807) is 6.07 Å². The third-order valence-electron chi connectivity index (χ3n) is 3.07. The molecule has 0 bridgehead atoms. The van der Waals surface area contributed by atoms with E-state index in [4.69, 9.17) is 28.9 Å². The smallest absolute Gasteiger partial charge is 0.313 e. The third-order valence-corrected chi connectivity index (χ3v) is 3.61. The Bertz CT molecular complexity index is 735. The minimum absolute atomic E-state index is 0.231. The van der Waals surface area contributed by atoms with Gasteiger partial charge in [0.15, 0.2) is 0 Å². The molecule has 0 heterocycles. The Balaban J connectivity index is 1.93. The van der Waals surface area contributed by atoms with Crippen LogP contribution in [0.25, 0.3) is 0 Å². The van der Waals surface area contributed by atoms with Gasteiger partial charge in [-0.1, -0.05) is 47.5 Å². The van der Waals surface area contributed by atoms with Crippen LogP contribution in [0.5, 0.6) is 0 Å². The van der Waals surface area contributed by atoms with E-state index in [1.165, 1.54) is 12.1 Å². The molecule has 0 aliphatic rings. The van der Waals surface area contributed by atoms with Gasteiger partial charge in [-0.3, -0.25) is 9.59 Å². The monoisotopic (exact) mass is 351 g/mol. The lowest BCUT2D eigenvalue weighted by Gasteiger charge is -2.09. The number of hydrogen-bond acceptors (Lipinski definition) is 3. The van der Waals surface area contributed by atoms with Crippen molar-refractivity contribution in [3.8, 4) is 0 Å². The Kier molecular flexibility index (Phi) is 5.98. The first kappa shape index (κ1) is 17.3. The summed E-state index contributed by atoms with van der Waals surface area (Å²) in [6, 6.07) is 12.0. The van der Waals surface area contributed by atoms with Crippen molar-refractivity contribution < 1.29 is 9.59 Å². The predicted octanol–water partition coefficient (Wildman–Crippen LogP) is 2.71. The van der Waals surface area contributed by atoms with Gasteiger partial charge < -0.3 is 16.4 Å². The Morgan fingerprint density at radius 3 is 2.43 bits per heavy atom. The number of benzene rings is 2. The van der Waals surface area contributed by atoms with Crippen molar-refractivity contribution >= 4 is 40.7 Å². The summed E-state index contributed by atoms with van der Waals surface area (Å²) in [7, 11) is 0. The lowest BCUT2D eigenvalue weighted by atomic mass is 10.1. The molecule has 2 amide bonds. The summed E-state index contributed by atoms with van der Waals surface area (Å²) in [5.41, 5.74) is 7.69. The summed E-state index contributed by atoms with van der Waals surface area (Å²) in [5, 5.41) is 5.68. The number of nitrogens with two attached hydrogens (primary N) is 1. The van der Waals surface area contributed by atoms with Gasteiger partial charge in [-0.25, -0.2) is 0 Å². The van der Waals surface area contributed by atoms with E-state index in [0.29, 0.717) is 17.3 Å². The Morgan fingerprint density at radius 2 is 1.74 bits per heavy atom. The Labute approximate surface area is 143 Å². The van der Waals surface area contributed by atoms with Crippen molar-refractivity contribution in [2.75, 3.05) is 5.32 Å². The zero-order chi connectivity index (χ0) is 16.8. The minimum Gasteiger partial charge on any atom is -0.344 e. The lowest BCUT2D eigenvalue weighted by molar-refractivity contribution is -0.136. The van der Waals surface area contributed by atoms with Crippen LogP contribution < -0.4 is 16.4 Å². The van der Waals surface area contributed by atoms with Gasteiger partial charge in [-0.2, -0.15) is 0 Å². The number of hydrogen-bond donors (Lipinski definition) is 3. The lowest BCUT2D eigenvalue weighted by Crippen LogP contribution is -2.35. The van der Waals surface area contributed by atoms with Crippen LogP contribution in [-0.2, 0) is 22.7 Å². The van der Waals surface area contributed by atoms with Crippen molar-refractivity contribution in [3.63, 3.8) is 0 Å². The molecule has 0 aliphatic carbocycles. The van der Waals surface area contributed by atoms with Crippen LogP contribution >= 0.6 is 23.2 Å². The number of nitrogens with one attached hydrogen (secondary N) is 2. The second-order valence-electron chi connectivity index (χ2n) is 4.79. The summed E-state index contributed by atoms with van der Waals surface area (Å²) in [5.74, 6) is -1.56. The number of rotatable bonds is 4. The van der Waals surface area contributed by atoms with E-state index in [-0.39, 0.29) is 11.6 Å². The highest BCUT2D eigenvalue weighted by Crippen LogP contribution is 2.25. The second-order valence-corrected chi connectivity index (χ2v) is 5.63. The molecule has 0 fully saturated rings. The second kappa shape index (κ2) is 7.97. The number of carbonyl (C=O) groups is 2. The first-order valence-corrected chi connectivity index (χ1v) is 7.57. The van der Waals surface area contributed by atoms with Gasteiger partial charge in [0.05, 0.1) is 10.7 Å². The van der Waals surface area contributed by atoms with Gasteiger partial charge in [0, 0.05) is 18.1 Å². The van der Waals surface area contributed by atoms with Gasteiger partial charge in [0.2, 0.25) is 0 Å². The molecule has 2 rings (SSSR count). The van der Waals surface area contributed by atoms with Crippen LogP contribution in [-0.4, -0.2) is 11.8 Å². The predicted molar refractivity (Wildman–Crippen MR) is 91.3 cm³/mol. The maximum atomic E-state index is 11.9. The van der Waals surface area contributed by atoms with E-state index >= 15 is 0 Å². The minimum atomic E-state index is -0.802. The summed E-state index contributed by atoms with van der Waals surface area (Å²) < 4.78 is 0. The fraction of sp³-hybridized carbons (Fsp3) is 0.125. The van der Waals surface area contributed by atoms with Crippen molar-refractivity contribution in [3.05, 3.63) is 63.6 Å². The van der Waals surface area contributed by atoms with Crippen molar-refractivity contribution in [2.45, 2.75) is 13.1 Å². The molecule has 2 aromatic rings. The van der Waals surface area contributed by atoms with Gasteiger partial charge in [0.25, 0.3) is 0 Å². The number of carbonyl (C=O) groups excluding carboxylic acids is 2. The topological polar surface area (TPSA) is 84.2 Å². The molecule has 0 spiro atoms. The van der Waals surface area contributed by atoms with E-state index in [9.17, 15) is 9.59 Å². The Morgan fingerprint density at radius 1 is 1.00 bits per heavy atom. The number of halogens is 2. The molecule has 7 heteroatoms. The van der Waals surface area contributed by atoms with E-state index in [0.717, 1.165) is 11.1 Å². The fourth-order valence-electron chi connectivity index (χ4n) is 1.90. The molecule has 2 aromatic carbocycles. The molecule has 4 N–H and O–H groups in total. The quantitative estimate of drug-likeness (QED) is 0.740. The molecular formula is C16H15Cl2N3O2. The zero-order valence-corrected chi connectivity index (χ0v) is 13.6. The highest BCUT2D eigenvalue weighted by Gasteiger charge is 2.15. The average Bonchev–Trinajstić information content (AvgIpc) is 2.55. The van der Waals surface area contributed by atoms with Crippen LogP contribution in [0.2, 0.25) is 10.0 Å². The van der Waals surface area contributed by atoms with Gasteiger partial charge in [-0.05, 0) is 29.3 Å². The molecule has 0 radical (unpaired) electrons. The van der Waals surface area contributed by atoms with E-state index < -0.39 is 11.8 Å². The van der Waals surface area contributed by atoms with Crippen molar-refractivity contribution in [1.29, 1.82) is 0 Å². The van der Waals surface area contributed by atoms with Gasteiger partial charge in [0.1, 0.15) is 0 Å². The number of anilines is 1. The molecule has 5 nitrogen and oxygen atoms in total. The number of amides is 2. The summed E-state index contributed by atoms with van der Waals surface area (Å²) in [4.78, 5) is 23.7. The molecule has 0 aromatic heterocycles. The third kappa shape index (κ3) is 4.96. The van der Waals surface area contributed by atoms with Crippen LogP contribution in [0.15, 0.2) is 42.5 Å². The fourth-order valence-corrected chi connectivity index (χ4v) is 2.35. The maximum absolute atomic E-state index is 11.9. The van der Waals surface area contributed by atoms with Crippen LogP contribution in [0.3, 0.4) is 0 Å². The summed E-state index contributed by atoms with van der Waals surface area (Å²) >= 11 is 11.7. The molecule has 0 aliphatic heterocycles. The largest absolute Gasteiger partial charge is 0.344 e. The van der Waals surface area contributed by atoms with Gasteiger partial charge >= 0.3 is 11.8 Å². The SMILES string of the molecule is NCc1cccc(CNC(=O)C(=O)Nc2ccc(Cl)cc2Cl)c1. The normalized spacial score (nSPS) is 10.2. The first-order valence-electron chi connectivity index (χ1n) is 6.81. The van der Waals surface area contributed by atoms with Gasteiger partial charge in [-0.15, -0.1) is 0 Å². The first-order chi connectivity index (χ1) is 11.0. The molecule has 0 saturated carbocycles. The highest BCUT2D eigenvalue weighted by molar-refractivity contribution is 6.42. The summed E-state index contributed by atoms with van der Waals surface area (Å²) in [6.07, 6.45) is 0. The van der Waals surface area contributed by atoms with Crippen molar-refractivity contribution in [1.82, 2.24) is 5.32 Å². The van der Waals surface area contributed by atoms with Crippen molar-refractivity contribution in [2.24, 2.45) is 5.73 Å². The average molecular weight is 352 g/mol. The molecule has 0 atom stereocenters. The Hall–Kier alpha value is -2.08. The zero-order valence-electron chi connectivity index (χ0n) is 12.1. The van der Waals surface area contributed by atoms with Crippen LogP contribution in [0.4, 0.5) is 5.69 Å². The van der Waals surface area contributed by atoms with Crippen LogP contribution in [0, 0.1) is 0 Å². The van der Waals surface area contributed by atoms with Crippen LogP contribution in [0.1, 0.15) is 11.1 Å². The standard InChI is InChI=1S/C16H15Cl2N3O2/c17-12-4-5-14(13(18)7-12)21-16(23)15(22)20-9-11-3-1-2-10(6-11)8-19/h1-7H,8-9,19H2,(H,20,22)(H,21,23). The highest BCUT2D eigenvalue weighted by atomic mass is 35.5. The molecular weight excluding hydrogens is 337 g/mol. The molecule has 0 saturated heterocycles. The molecule has 0 unspecified atom stereocenters. The van der Waals surface area contributed by atoms with E-state index in [2.05, 4.69) is 10.6 Å². The molecule has 23 heavy (non-hydrogen) atoms.